The molecular weight excluding hydrogens is 347 g/mol. The van der Waals surface area contributed by atoms with Gasteiger partial charge in [-0.1, -0.05) is 53.7 Å². The number of nitrogens with two attached hydrogens (primary N) is 1. The first-order valence-electron chi connectivity index (χ1n) is 8.04. The molecule has 2 N–H and O–H groups in total. The third-order valence-electron chi connectivity index (χ3n) is 3.88. The Morgan fingerprint density at radius 2 is 1.69 bits per heavy atom. The molecule has 0 radical (unpaired) electrons. The standard InChI is InChI=1S/C20H17FN4S/c1-13-2-4-14(5-3-13)10-18-17(11-22)19(23)25-20(24-18)26-12-15-6-8-16(21)9-7-15/h2-9H,10,12H2,1H3,(H2,23,24,25). The van der Waals surface area contributed by atoms with E-state index in [-0.39, 0.29) is 11.6 Å². The number of thioether (sulfide) groups is 1. The quantitative estimate of drug-likeness (QED) is 0.541. The number of halogens is 1. The summed E-state index contributed by atoms with van der Waals surface area (Å²) < 4.78 is 13.0. The second-order valence-corrected chi connectivity index (χ2v) is 6.84. The molecule has 3 aromatic rings. The van der Waals surface area contributed by atoms with E-state index >= 15 is 0 Å². The molecule has 0 aliphatic heterocycles. The first-order valence-corrected chi connectivity index (χ1v) is 9.03. The van der Waals surface area contributed by atoms with Gasteiger partial charge in [0.15, 0.2) is 5.16 Å². The lowest BCUT2D eigenvalue weighted by Gasteiger charge is -2.09. The maximum Gasteiger partial charge on any atom is 0.190 e. The maximum absolute atomic E-state index is 13.0. The number of nitrogen functional groups attached to an aromatic ring is 1. The van der Waals surface area contributed by atoms with Crippen LogP contribution in [0.2, 0.25) is 0 Å². The minimum atomic E-state index is -0.266. The molecule has 4 nitrogen and oxygen atoms in total. The zero-order valence-electron chi connectivity index (χ0n) is 14.2. The molecule has 0 saturated carbocycles. The molecule has 0 aliphatic carbocycles. The second kappa shape index (κ2) is 7.98. The van der Waals surface area contributed by atoms with Gasteiger partial charge in [0.05, 0.1) is 5.69 Å². The molecule has 0 atom stereocenters. The summed E-state index contributed by atoms with van der Waals surface area (Å²) in [6.07, 6.45) is 0.514. The van der Waals surface area contributed by atoms with Crippen molar-refractivity contribution in [2.45, 2.75) is 24.3 Å². The van der Waals surface area contributed by atoms with Crippen LogP contribution in [0.1, 0.15) is 27.9 Å². The Hall–Kier alpha value is -2.91. The summed E-state index contributed by atoms with van der Waals surface area (Å²) in [4.78, 5) is 8.76. The van der Waals surface area contributed by atoms with Crippen molar-refractivity contribution in [3.05, 3.63) is 82.3 Å². The highest BCUT2D eigenvalue weighted by atomic mass is 32.2. The highest BCUT2D eigenvalue weighted by Crippen LogP contribution is 2.24. The fraction of sp³-hybridized carbons (Fsp3) is 0.150. The largest absolute Gasteiger partial charge is 0.382 e. The molecule has 0 bridgehead atoms. The molecule has 1 aromatic heterocycles. The Morgan fingerprint density at radius 3 is 2.35 bits per heavy atom. The first kappa shape index (κ1) is 17.9. The molecule has 0 fully saturated rings. The second-order valence-electron chi connectivity index (χ2n) is 5.90. The predicted molar refractivity (Wildman–Crippen MR) is 101 cm³/mol. The van der Waals surface area contributed by atoms with Crippen molar-refractivity contribution in [1.82, 2.24) is 9.97 Å². The topological polar surface area (TPSA) is 75.6 Å². The summed E-state index contributed by atoms with van der Waals surface area (Å²) >= 11 is 1.41. The zero-order valence-corrected chi connectivity index (χ0v) is 15.1. The van der Waals surface area contributed by atoms with Crippen LogP contribution in [0.5, 0.6) is 0 Å². The predicted octanol–water partition coefficient (Wildman–Crippen LogP) is 4.26. The Labute approximate surface area is 155 Å². The third kappa shape index (κ3) is 4.38. The van der Waals surface area contributed by atoms with E-state index in [0.29, 0.717) is 28.6 Å². The smallest absolute Gasteiger partial charge is 0.190 e. The van der Waals surface area contributed by atoms with E-state index in [9.17, 15) is 9.65 Å². The summed E-state index contributed by atoms with van der Waals surface area (Å²) in [5, 5.41) is 9.90. The van der Waals surface area contributed by atoms with Crippen LogP contribution >= 0.6 is 11.8 Å². The lowest BCUT2D eigenvalue weighted by molar-refractivity contribution is 0.627. The van der Waals surface area contributed by atoms with Gasteiger partial charge < -0.3 is 5.73 Å². The van der Waals surface area contributed by atoms with E-state index < -0.39 is 0 Å². The van der Waals surface area contributed by atoms with Gasteiger partial charge in [-0.05, 0) is 30.2 Å². The number of anilines is 1. The highest BCUT2D eigenvalue weighted by Gasteiger charge is 2.13. The highest BCUT2D eigenvalue weighted by molar-refractivity contribution is 7.98. The summed E-state index contributed by atoms with van der Waals surface area (Å²) in [5.41, 5.74) is 10.1. The molecular formula is C20H17FN4S. The summed E-state index contributed by atoms with van der Waals surface area (Å²) in [6, 6.07) is 16.5. The lowest BCUT2D eigenvalue weighted by Crippen LogP contribution is -2.06. The molecule has 0 saturated heterocycles. The van der Waals surface area contributed by atoms with Crippen LogP contribution in [0.25, 0.3) is 0 Å². The van der Waals surface area contributed by atoms with Crippen molar-refractivity contribution in [1.29, 1.82) is 5.26 Å². The number of nitrogens with zero attached hydrogens (tertiary/aromatic N) is 3. The van der Waals surface area contributed by atoms with Crippen LogP contribution in [0.15, 0.2) is 53.7 Å². The summed E-state index contributed by atoms with van der Waals surface area (Å²) in [6.45, 7) is 2.03. The van der Waals surface area contributed by atoms with Gasteiger partial charge >= 0.3 is 0 Å². The molecule has 0 unspecified atom stereocenters. The average molecular weight is 364 g/mol. The Morgan fingerprint density at radius 1 is 1.04 bits per heavy atom. The summed E-state index contributed by atoms with van der Waals surface area (Å²) in [5.74, 6) is 0.513. The average Bonchev–Trinajstić information content (AvgIpc) is 2.63. The van der Waals surface area contributed by atoms with Crippen molar-refractivity contribution in [3.63, 3.8) is 0 Å². The van der Waals surface area contributed by atoms with Crippen molar-refractivity contribution < 1.29 is 4.39 Å². The fourth-order valence-electron chi connectivity index (χ4n) is 2.45. The molecule has 3 rings (SSSR count). The van der Waals surface area contributed by atoms with Gasteiger partial charge in [-0.15, -0.1) is 0 Å². The van der Waals surface area contributed by atoms with E-state index in [1.54, 1.807) is 12.1 Å². The van der Waals surface area contributed by atoms with Gasteiger partial charge in [-0.25, -0.2) is 14.4 Å². The molecule has 0 aliphatic rings. The van der Waals surface area contributed by atoms with E-state index in [1.807, 2.05) is 31.2 Å². The van der Waals surface area contributed by atoms with Crippen LogP contribution in [0.3, 0.4) is 0 Å². The SMILES string of the molecule is Cc1ccc(Cc2nc(SCc3ccc(F)cc3)nc(N)c2C#N)cc1. The maximum atomic E-state index is 13.0. The van der Waals surface area contributed by atoms with Gasteiger partial charge in [-0.2, -0.15) is 5.26 Å². The lowest BCUT2D eigenvalue weighted by atomic mass is 10.0. The molecule has 0 spiro atoms. The zero-order chi connectivity index (χ0) is 18.5. The number of aryl methyl sites for hydroxylation is 1. The van der Waals surface area contributed by atoms with E-state index in [0.717, 1.165) is 11.1 Å². The van der Waals surface area contributed by atoms with Crippen LogP contribution in [0, 0.1) is 24.1 Å². The van der Waals surface area contributed by atoms with Crippen molar-refractivity contribution >= 4 is 17.6 Å². The number of hydrogen-bond donors (Lipinski definition) is 1. The van der Waals surface area contributed by atoms with Gasteiger partial charge in [-0.3, -0.25) is 0 Å². The third-order valence-corrected chi connectivity index (χ3v) is 4.80. The molecule has 26 heavy (non-hydrogen) atoms. The number of benzene rings is 2. The van der Waals surface area contributed by atoms with Crippen LogP contribution in [-0.4, -0.2) is 9.97 Å². The van der Waals surface area contributed by atoms with Crippen LogP contribution < -0.4 is 5.73 Å². The minimum absolute atomic E-state index is 0.186. The first-order chi connectivity index (χ1) is 12.5. The Bertz CT molecular complexity index is 947. The fourth-order valence-corrected chi connectivity index (χ4v) is 3.27. The molecule has 0 amide bonds. The minimum Gasteiger partial charge on any atom is -0.382 e. The number of aromatic nitrogens is 2. The monoisotopic (exact) mass is 364 g/mol. The van der Waals surface area contributed by atoms with E-state index in [2.05, 4.69) is 16.0 Å². The Kier molecular flexibility index (Phi) is 5.49. The Balaban J connectivity index is 1.83. The summed E-state index contributed by atoms with van der Waals surface area (Å²) in [7, 11) is 0. The molecule has 1 heterocycles. The van der Waals surface area contributed by atoms with Crippen molar-refractivity contribution in [2.75, 3.05) is 5.73 Å². The normalized spacial score (nSPS) is 10.5. The molecule has 6 heteroatoms. The van der Waals surface area contributed by atoms with Gasteiger partial charge in [0.2, 0.25) is 0 Å². The number of nitriles is 1. The van der Waals surface area contributed by atoms with Gasteiger partial charge in [0, 0.05) is 12.2 Å². The van der Waals surface area contributed by atoms with Gasteiger partial charge in [0.1, 0.15) is 23.3 Å². The number of hydrogen-bond acceptors (Lipinski definition) is 5. The molecule has 130 valence electrons. The van der Waals surface area contributed by atoms with Crippen LogP contribution in [-0.2, 0) is 12.2 Å². The van der Waals surface area contributed by atoms with E-state index in [4.69, 9.17) is 5.73 Å². The van der Waals surface area contributed by atoms with Crippen molar-refractivity contribution in [3.8, 4) is 6.07 Å². The molecule has 2 aromatic carbocycles. The number of rotatable bonds is 5. The van der Waals surface area contributed by atoms with E-state index in [1.165, 1.54) is 29.5 Å². The van der Waals surface area contributed by atoms with Gasteiger partial charge in [0.25, 0.3) is 0 Å². The van der Waals surface area contributed by atoms with Crippen molar-refractivity contribution in [2.24, 2.45) is 0 Å². The van der Waals surface area contributed by atoms with Crippen LogP contribution in [0.4, 0.5) is 10.2 Å².